The van der Waals surface area contributed by atoms with E-state index in [9.17, 15) is 14.4 Å². The normalized spacial score (nSPS) is 10.9. The van der Waals surface area contributed by atoms with Crippen molar-refractivity contribution in [2.45, 2.75) is 18.9 Å². The van der Waals surface area contributed by atoms with Gasteiger partial charge in [0.1, 0.15) is 6.04 Å². The van der Waals surface area contributed by atoms with Crippen LogP contribution in [0.25, 0.3) is 0 Å². The van der Waals surface area contributed by atoms with Crippen molar-refractivity contribution in [3.8, 4) is 12.3 Å². The number of esters is 1. The van der Waals surface area contributed by atoms with Crippen LogP contribution in [0, 0.1) is 12.3 Å². The van der Waals surface area contributed by atoms with Gasteiger partial charge in [0, 0.05) is 6.42 Å². The monoisotopic (exact) mass is 213 g/mol. The molecule has 0 aromatic rings. The molecule has 0 saturated heterocycles. The standard InChI is InChI=1S/C9H11NO5/c1-3-7(11)10-6(9(13)14)4-5-8(12)15-2/h1,6H,4-5H2,2H3,(H,10,11)(H,13,14). The zero-order chi connectivity index (χ0) is 11.8. The molecule has 0 radical (unpaired) electrons. The first-order valence-corrected chi connectivity index (χ1v) is 4.08. The summed E-state index contributed by atoms with van der Waals surface area (Å²) in [4.78, 5) is 32.1. The van der Waals surface area contributed by atoms with Crippen LogP contribution >= 0.6 is 0 Å². The predicted octanol–water partition coefficient (Wildman–Crippen LogP) is -0.858. The second kappa shape index (κ2) is 6.43. The van der Waals surface area contributed by atoms with Gasteiger partial charge in [-0.2, -0.15) is 0 Å². The third kappa shape index (κ3) is 5.31. The van der Waals surface area contributed by atoms with Crippen molar-refractivity contribution in [2.75, 3.05) is 7.11 Å². The maximum atomic E-state index is 10.7. The topological polar surface area (TPSA) is 92.7 Å². The van der Waals surface area contributed by atoms with E-state index in [1.807, 2.05) is 0 Å². The lowest BCUT2D eigenvalue weighted by atomic mass is 10.1. The van der Waals surface area contributed by atoms with Gasteiger partial charge in [-0.1, -0.05) is 0 Å². The molecular formula is C9H11NO5. The highest BCUT2D eigenvalue weighted by Gasteiger charge is 2.20. The van der Waals surface area contributed by atoms with Crippen molar-refractivity contribution >= 4 is 17.8 Å². The Morgan fingerprint density at radius 3 is 2.53 bits per heavy atom. The smallest absolute Gasteiger partial charge is 0.326 e. The van der Waals surface area contributed by atoms with E-state index in [4.69, 9.17) is 11.5 Å². The number of carbonyl (C=O) groups is 3. The van der Waals surface area contributed by atoms with E-state index in [0.29, 0.717) is 0 Å². The van der Waals surface area contributed by atoms with E-state index in [2.05, 4.69) is 10.1 Å². The van der Waals surface area contributed by atoms with Gasteiger partial charge in [0.2, 0.25) is 0 Å². The Kier molecular flexibility index (Phi) is 5.56. The molecule has 0 aliphatic heterocycles. The molecule has 0 aliphatic rings. The molecule has 0 fully saturated rings. The van der Waals surface area contributed by atoms with E-state index in [1.165, 1.54) is 7.11 Å². The first-order chi connectivity index (χ1) is 7.01. The molecular weight excluding hydrogens is 202 g/mol. The summed E-state index contributed by atoms with van der Waals surface area (Å²) in [5, 5.41) is 10.7. The number of rotatable bonds is 5. The second-order valence-corrected chi connectivity index (χ2v) is 2.62. The van der Waals surface area contributed by atoms with Crippen LogP contribution in [0.5, 0.6) is 0 Å². The number of carboxylic acids is 1. The van der Waals surface area contributed by atoms with Gasteiger partial charge in [0.15, 0.2) is 0 Å². The highest BCUT2D eigenvalue weighted by molar-refractivity contribution is 5.95. The summed E-state index contributed by atoms with van der Waals surface area (Å²) in [6.07, 6.45) is 4.60. The Bertz CT molecular complexity index is 304. The summed E-state index contributed by atoms with van der Waals surface area (Å²) >= 11 is 0. The minimum absolute atomic E-state index is 0.0601. The number of carboxylic acid groups (broad SMARTS) is 1. The lowest BCUT2D eigenvalue weighted by Gasteiger charge is -2.11. The molecule has 0 heterocycles. The first-order valence-electron chi connectivity index (χ1n) is 4.08. The number of ether oxygens (including phenoxy) is 1. The number of nitrogens with one attached hydrogen (secondary N) is 1. The number of carbonyl (C=O) groups excluding carboxylic acids is 2. The molecule has 0 aliphatic carbocycles. The van der Waals surface area contributed by atoms with Gasteiger partial charge in [-0.25, -0.2) is 4.79 Å². The number of methoxy groups -OCH3 is 1. The predicted molar refractivity (Wildman–Crippen MR) is 49.6 cm³/mol. The van der Waals surface area contributed by atoms with Gasteiger partial charge in [-0.05, 0) is 12.3 Å². The van der Waals surface area contributed by atoms with Gasteiger partial charge < -0.3 is 15.2 Å². The van der Waals surface area contributed by atoms with Crippen LogP contribution in [0.3, 0.4) is 0 Å². The Morgan fingerprint density at radius 1 is 1.53 bits per heavy atom. The van der Waals surface area contributed by atoms with Crippen LogP contribution in [0.4, 0.5) is 0 Å². The lowest BCUT2D eigenvalue weighted by Crippen LogP contribution is -2.40. The molecule has 0 spiro atoms. The van der Waals surface area contributed by atoms with Gasteiger partial charge in [0.25, 0.3) is 5.91 Å². The van der Waals surface area contributed by atoms with Crippen molar-refractivity contribution in [1.82, 2.24) is 5.32 Å². The number of hydrogen-bond acceptors (Lipinski definition) is 4. The second-order valence-electron chi connectivity index (χ2n) is 2.62. The Balaban J connectivity index is 4.18. The molecule has 0 rings (SSSR count). The molecule has 1 unspecified atom stereocenters. The SMILES string of the molecule is C#CC(=O)NC(CCC(=O)OC)C(=O)O. The fraction of sp³-hybridized carbons (Fsp3) is 0.444. The molecule has 15 heavy (non-hydrogen) atoms. The van der Waals surface area contributed by atoms with Crippen molar-refractivity contribution in [3.05, 3.63) is 0 Å². The average Bonchev–Trinajstić information content (AvgIpc) is 2.22. The third-order valence-corrected chi connectivity index (χ3v) is 1.60. The minimum atomic E-state index is -1.25. The number of aliphatic carboxylic acids is 1. The van der Waals surface area contributed by atoms with E-state index in [1.54, 1.807) is 5.92 Å². The van der Waals surface area contributed by atoms with E-state index < -0.39 is 23.9 Å². The zero-order valence-electron chi connectivity index (χ0n) is 8.15. The highest BCUT2D eigenvalue weighted by Crippen LogP contribution is 1.99. The van der Waals surface area contributed by atoms with Gasteiger partial charge in [-0.3, -0.25) is 9.59 Å². The maximum Gasteiger partial charge on any atom is 0.326 e. The Morgan fingerprint density at radius 2 is 2.13 bits per heavy atom. The van der Waals surface area contributed by atoms with Crippen LogP contribution in [-0.2, 0) is 19.1 Å². The zero-order valence-corrected chi connectivity index (χ0v) is 8.15. The van der Waals surface area contributed by atoms with Gasteiger partial charge in [0.05, 0.1) is 7.11 Å². The molecule has 6 heteroatoms. The number of hydrogen-bond donors (Lipinski definition) is 2. The summed E-state index contributed by atoms with van der Waals surface area (Å²) in [5.41, 5.74) is 0. The van der Waals surface area contributed by atoms with Crippen molar-refractivity contribution in [2.24, 2.45) is 0 Å². The highest BCUT2D eigenvalue weighted by atomic mass is 16.5. The maximum absolute atomic E-state index is 10.7. The number of amides is 1. The van der Waals surface area contributed by atoms with Gasteiger partial charge >= 0.3 is 11.9 Å². The summed E-state index contributed by atoms with van der Waals surface area (Å²) in [5.74, 6) is -0.897. The summed E-state index contributed by atoms with van der Waals surface area (Å²) in [6.45, 7) is 0. The van der Waals surface area contributed by atoms with Crippen LogP contribution in [0.2, 0.25) is 0 Å². The molecule has 0 saturated carbocycles. The van der Waals surface area contributed by atoms with Crippen molar-refractivity contribution in [1.29, 1.82) is 0 Å². The van der Waals surface area contributed by atoms with Crippen molar-refractivity contribution < 1.29 is 24.2 Å². The fourth-order valence-corrected chi connectivity index (χ4v) is 0.822. The van der Waals surface area contributed by atoms with Crippen LogP contribution in [0.1, 0.15) is 12.8 Å². The third-order valence-electron chi connectivity index (χ3n) is 1.60. The lowest BCUT2D eigenvalue weighted by molar-refractivity contribution is -0.143. The van der Waals surface area contributed by atoms with E-state index >= 15 is 0 Å². The number of terminal acetylenes is 1. The average molecular weight is 213 g/mol. The molecule has 6 nitrogen and oxygen atoms in total. The van der Waals surface area contributed by atoms with Crippen LogP contribution < -0.4 is 5.32 Å². The fourth-order valence-electron chi connectivity index (χ4n) is 0.822. The molecule has 0 aromatic carbocycles. The Hall–Kier alpha value is -2.03. The largest absolute Gasteiger partial charge is 0.480 e. The molecule has 1 atom stereocenters. The molecule has 1 amide bonds. The first kappa shape index (κ1) is 13.0. The molecule has 0 bridgehead atoms. The van der Waals surface area contributed by atoms with Crippen molar-refractivity contribution in [3.63, 3.8) is 0 Å². The van der Waals surface area contributed by atoms with Gasteiger partial charge in [-0.15, -0.1) is 6.42 Å². The quantitative estimate of drug-likeness (QED) is 0.458. The molecule has 0 aromatic heterocycles. The summed E-state index contributed by atoms with van der Waals surface area (Å²) < 4.78 is 4.33. The molecule has 2 N–H and O–H groups in total. The van der Waals surface area contributed by atoms with E-state index in [0.717, 1.165) is 0 Å². The summed E-state index contributed by atoms with van der Waals surface area (Å²) in [7, 11) is 1.19. The Labute approximate surface area is 86.6 Å². The van der Waals surface area contributed by atoms with Crippen LogP contribution in [-0.4, -0.2) is 36.1 Å². The molecule has 82 valence electrons. The summed E-state index contributed by atoms with van der Waals surface area (Å²) in [6, 6.07) is -1.17. The van der Waals surface area contributed by atoms with Crippen LogP contribution in [0.15, 0.2) is 0 Å². The minimum Gasteiger partial charge on any atom is -0.480 e. The van der Waals surface area contributed by atoms with E-state index in [-0.39, 0.29) is 12.8 Å².